The number of carboxylic acid groups (broad SMARTS) is 1. The van der Waals surface area contributed by atoms with E-state index in [1.165, 1.54) is 6.07 Å². The van der Waals surface area contributed by atoms with Crippen LogP contribution in [0.25, 0.3) is 0 Å². The Hall–Kier alpha value is -1.59. The van der Waals surface area contributed by atoms with Crippen molar-refractivity contribution in [1.82, 2.24) is 0 Å². The summed E-state index contributed by atoms with van der Waals surface area (Å²) in [6, 6.07) is 4.83. The molecule has 1 rings (SSSR count). The maximum atomic E-state index is 10.8. The Morgan fingerprint density at radius 3 is 2.68 bits per heavy atom. The first-order valence-electron chi connectivity index (χ1n) is 6.18. The van der Waals surface area contributed by atoms with Gasteiger partial charge in [-0.05, 0) is 31.0 Å². The second-order valence-corrected chi connectivity index (χ2v) is 4.09. The average molecular weight is 268 g/mol. The molecule has 0 aliphatic rings. The van der Waals surface area contributed by atoms with Crippen molar-refractivity contribution in [3.63, 3.8) is 0 Å². The molecule has 1 aromatic carbocycles. The number of carbonyl (C=O) groups is 1. The Morgan fingerprint density at radius 2 is 2.00 bits per heavy atom. The van der Waals surface area contributed by atoms with Gasteiger partial charge in [-0.25, -0.2) is 4.79 Å². The smallest absolute Gasteiger partial charge is 0.335 e. The van der Waals surface area contributed by atoms with Gasteiger partial charge < -0.3 is 19.3 Å². The van der Waals surface area contributed by atoms with Crippen molar-refractivity contribution < 1.29 is 24.1 Å². The van der Waals surface area contributed by atoms with Gasteiger partial charge in [-0.15, -0.1) is 0 Å². The van der Waals surface area contributed by atoms with E-state index >= 15 is 0 Å². The van der Waals surface area contributed by atoms with E-state index < -0.39 is 5.97 Å². The van der Waals surface area contributed by atoms with Crippen LogP contribution in [0, 0.1) is 6.92 Å². The summed E-state index contributed by atoms with van der Waals surface area (Å²) in [6.45, 7) is 4.06. The number of aromatic carboxylic acids is 1. The van der Waals surface area contributed by atoms with Crippen molar-refractivity contribution in [3.05, 3.63) is 29.3 Å². The van der Waals surface area contributed by atoms with Crippen LogP contribution < -0.4 is 4.74 Å². The summed E-state index contributed by atoms with van der Waals surface area (Å²) < 4.78 is 15.8. The monoisotopic (exact) mass is 268 g/mol. The van der Waals surface area contributed by atoms with Crippen LogP contribution in [0.15, 0.2) is 18.2 Å². The van der Waals surface area contributed by atoms with Crippen molar-refractivity contribution in [2.45, 2.75) is 13.3 Å². The number of aryl methyl sites for hydroxylation is 1. The predicted molar refractivity (Wildman–Crippen MR) is 70.9 cm³/mol. The molecule has 5 nitrogen and oxygen atoms in total. The Kier molecular flexibility index (Phi) is 6.92. The molecule has 106 valence electrons. The Labute approximate surface area is 113 Å². The van der Waals surface area contributed by atoms with Crippen molar-refractivity contribution in [1.29, 1.82) is 0 Å². The molecule has 0 aliphatic heterocycles. The van der Waals surface area contributed by atoms with Crippen molar-refractivity contribution in [2.24, 2.45) is 0 Å². The summed E-state index contributed by atoms with van der Waals surface area (Å²) in [4.78, 5) is 10.8. The molecular weight excluding hydrogens is 248 g/mol. The minimum atomic E-state index is -0.958. The summed E-state index contributed by atoms with van der Waals surface area (Å²) in [7, 11) is 1.65. The van der Waals surface area contributed by atoms with Gasteiger partial charge in [-0.2, -0.15) is 0 Å². The first-order chi connectivity index (χ1) is 9.15. The van der Waals surface area contributed by atoms with Gasteiger partial charge in [0.2, 0.25) is 0 Å². The van der Waals surface area contributed by atoms with Gasteiger partial charge >= 0.3 is 5.97 Å². The molecule has 1 aromatic rings. The third-order valence-electron chi connectivity index (χ3n) is 2.56. The van der Waals surface area contributed by atoms with Gasteiger partial charge in [0.1, 0.15) is 12.4 Å². The molecule has 0 heterocycles. The number of ether oxygens (including phenoxy) is 3. The number of rotatable bonds is 9. The van der Waals surface area contributed by atoms with Crippen LogP contribution in [-0.2, 0) is 9.47 Å². The fraction of sp³-hybridized carbons (Fsp3) is 0.500. The van der Waals surface area contributed by atoms with Crippen molar-refractivity contribution >= 4 is 5.97 Å². The zero-order valence-corrected chi connectivity index (χ0v) is 11.3. The van der Waals surface area contributed by atoms with E-state index in [4.69, 9.17) is 19.3 Å². The SMILES string of the molecule is COCCCOCCOc1cc(C(=O)O)ccc1C. The maximum Gasteiger partial charge on any atom is 0.335 e. The minimum Gasteiger partial charge on any atom is -0.491 e. The lowest BCUT2D eigenvalue weighted by molar-refractivity contribution is 0.0695. The number of methoxy groups -OCH3 is 1. The molecule has 0 aliphatic carbocycles. The van der Waals surface area contributed by atoms with E-state index in [0.717, 1.165) is 12.0 Å². The fourth-order valence-corrected chi connectivity index (χ4v) is 1.51. The van der Waals surface area contributed by atoms with Crippen LogP contribution in [0.1, 0.15) is 22.3 Å². The number of benzene rings is 1. The van der Waals surface area contributed by atoms with Crippen LogP contribution >= 0.6 is 0 Å². The van der Waals surface area contributed by atoms with Crippen LogP contribution in [0.4, 0.5) is 0 Å². The lowest BCUT2D eigenvalue weighted by Crippen LogP contribution is -2.09. The minimum absolute atomic E-state index is 0.224. The van der Waals surface area contributed by atoms with Gasteiger partial charge in [-0.1, -0.05) is 6.07 Å². The molecule has 0 aromatic heterocycles. The van der Waals surface area contributed by atoms with Crippen LogP contribution in [-0.4, -0.2) is 44.6 Å². The highest BCUT2D eigenvalue weighted by Crippen LogP contribution is 2.19. The van der Waals surface area contributed by atoms with E-state index in [1.807, 2.05) is 6.92 Å². The van der Waals surface area contributed by atoms with Gasteiger partial charge in [0, 0.05) is 20.3 Å². The highest BCUT2D eigenvalue weighted by molar-refractivity contribution is 5.88. The van der Waals surface area contributed by atoms with E-state index in [9.17, 15) is 4.79 Å². The first kappa shape index (κ1) is 15.5. The average Bonchev–Trinajstić information content (AvgIpc) is 2.39. The molecule has 1 N–H and O–H groups in total. The highest BCUT2D eigenvalue weighted by atomic mass is 16.5. The third-order valence-corrected chi connectivity index (χ3v) is 2.56. The van der Waals surface area contributed by atoms with E-state index in [1.54, 1.807) is 19.2 Å². The third kappa shape index (κ3) is 5.72. The molecule has 5 heteroatoms. The second-order valence-electron chi connectivity index (χ2n) is 4.09. The largest absolute Gasteiger partial charge is 0.491 e. The van der Waals surface area contributed by atoms with Crippen molar-refractivity contribution in [2.75, 3.05) is 33.5 Å². The molecule has 0 bridgehead atoms. The summed E-state index contributed by atoms with van der Waals surface area (Å²) in [6.07, 6.45) is 0.851. The molecule has 0 radical (unpaired) electrons. The van der Waals surface area contributed by atoms with Gasteiger partial charge in [-0.3, -0.25) is 0 Å². The highest BCUT2D eigenvalue weighted by Gasteiger charge is 2.06. The summed E-state index contributed by atoms with van der Waals surface area (Å²) >= 11 is 0. The molecule has 0 fully saturated rings. The standard InChI is InChI=1S/C14H20O5/c1-11-4-5-12(14(15)16)10-13(11)19-9-8-18-7-3-6-17-2/h4-5,10H,3,6-9H2,1-2H3,(H,15,16). The van der Waals surface area contributed by atoms with Gasteiger partial charge in [0.25, 0.3) is 0 Å². The normalized spacial score (nSPS) is 10.4. The lowest BCUT2D eigenvalue weighted by Gasteiger charge is -2.10. The van der Waals surface area contributed by atoms with Gasteiger partial charge in [0.15, 0.2) is 0 Å². The Bertz CT molecular complexity index is 403. The zero-order valence-electron chi connectivity index (χ0n) is 11.3. The number of hydrogen-bond acceptors (Lipinski definition) is 4. The van der Waals surface area contributed by atoms with Crippen molar-refractivity contribution in [3.8, 4) is 5.75 Å². The van der Waals surface area contributed by atoms with E-state index in [0.29, 0.717) is 32.2 Å². The molecule has 0 spiro atoms. The zero-order chi connectivity index (χ0) is 14.1. The molecule has 0 unspecified atom stereocenters. The molecular formula is C14H20O5. The molecule has 0 amide bonds. The number of hydrogen-bond donors (Lipinski definition) is 1. The summed E-state index contributed by atoms with van der Waals surface area (Å²) in [5, 5.41) is 8.90. The van der Waals surface area contributed by atoms with E-state index in [-0.39, 0.29) is 5.56 Å². The van der Waals surface area contributed by atoms with Crippen LogP contribution in [0.5, 0.6) is 5.75 Å². The molecule has 0 saturated carbocycles. The predicted octanol–water partition coefficient (Wildman–Crippen LogP) is 2.13. The molecule has 0 atom stereocenters. The summed E-state index contributed by atoms with van der Waals surface area (Å²) in [5.74, 6) is -0.374. The second kappa shape index (κ2) is 8.50. The van der Waals surface area contributed by atoms with Gasteiger partial charge in [0.05, 0.1) is 12.2 Å². The Balaban J connectivity index is 2.32. The van der Waals surface area contributed by atoms with Crippen LogP contribution in [0.3, 0.4) is 0 Å². The molecule has 19 heavy (non-hydrogen) atoms. The molecule has 0 saturated heterocycles. The number of carboxylic acids is 1. The fourth-order valence-electron chi connectivity index (χ4n) is 1.51. The summed E-state index contributed by atoms with van der Waals surface area (Å²) in [5.41, 5.74) is 1.13. The maximum absolute atomic E-state index is 10.8. The lowest BCUT2D eigenvalue weighted by atomic mass is 10.1. The first-order valence-corrected chi connectivity index (χ1v) is 6.18. The topological polar surface area (TPSA) is 65.0 Å². The van der Waals surface area contributed by atoms with Crippen LogP contribution in [0.2, 0.25) is 0 Å². The van der Waals surface area contributed by atoms with E-state index in [2.05, 4.69) is 0 Å². The quantitative estimate of drug-likeness (QED) is 0.695. The Morgan fingerprint density at radius 1 is 1.21 bits per heavy atom.